The molecule has 0 saturated heterocycles. The van der Waals surface area contributed by atoms with E-state index in [-0.39, 0.29) is 60.3 Å². The molecule has 1 unspecified atom stereocenters. The van der Waals surface area contributed by atoms with Crippen molar-refractivity contribution in [1.82, 2.24) is 29.9 Å². The van der Waals surface area contributed by atoms with Crippen LogP contribution in [0.3, 0.4) is 0 Å². The average molecular weight is 1820 g/mol. The van der Waals surface area contributed by atoms with Gasteiger partial charge < -0.3 is 29.9 Å². The van der Waals surface area contributed by atoms with Crippen LogP contribution in [0.4, 0.5) is 0 Å². The third kappa shape index (κ3) is 24.1. The van der Waals surface area contributed by atoms with E-state index >= 15 is 0 Å². The number of nitrogens with zero attached hydrogens (tertiary/aromatic N) is 6. The normalized spacial score (nSPS) is 11.7. The number of benzene rings is 9. The molecule has 495 valence electrons. The second kappa shape index (κ2) is 41.8. The summed E-state index contributed by atoms with van der Waals surface area (Å²) in [5.41, 5.74) is 20.1. The Labute approximate surface area is 634 Å². The van der Waals surface area contributed by atoms with Gasteiger partial charge in [0.05, 0.1) is 0 Å². The minimum atomic E-state index is -2.39. The summed E-state index contributed by atoms with van der Waals surface area (Å²) in [5.74, 6) is -1.66. The van der Waals surface area contributed by atoms with E-state index in [1.807, 2.05) is 267 Å². The second-order valence-electron chi connectivity index (χ2n) is 21.5. The van der Waals surface area contributed by atoms with Crippen molar-refractivity contribution in [1.29, 1.82) is 0 Å². The number of aryl methyl sites for hydroxylation is 2. The summed E-state index contributed by atoms with van der Waals surface area (Å²) in [7, 11) is 0. The van der Waals surface area contributed by atoms with Gasteiger partial charge in [-0.3, -0.25) is 0 Å². The zero-order valence-corrected chi connectivity index (χ0v) is 61.8. The van der Waals surface area contributed by atoms with Crippen molar-refractivity contribution in [2.45, 2.75) is 39.9 Å². The Balaban J connectivity index is 0.000000179. The maximum atomic E-state index is 8.27. The van der Waals surface area contributed by atoms with E-state index in [4.69, 9.17) is 8.22 Å². The fourth-order valence-electron chi connectivity index (χ4n) is 9.77. The average Bonchev–Trinajstić information content (AvgIpc) is 0.790. The largest absolute Gasteiger partial charge is 0.305 e. The molecule has 0 aliphatic heterocycles. The molecule has 9 heteroatoms. The standard InChI is InChI=1S/C20H18N.C19H16N.C18H14N.3C11H8N.3Ir/c1-15(2)17-9-6-10-18(13-17)19-11-12-21-20(14-19)16-7-4-3-5-8-16;1-2-15-7-6-10-17(13-15)18-11-12-20-19(14-18)16-8-4-3-5-9-16;1-14-6-5-9-16(12-14)17-10-11-19-18(13-17)15-7-3-2-4-8-15;3*1-2-6-10(7-3-1)11-8-4-5-9-12-11;;;/h3-7,9-15H,1-2H3;3-8,10-14H,2H2,1H3;2-7,9-13H,1H3;3*1-6,8-9H;;;/q6*-1;;;/i1D3,15D;2D2;;;;;;;. The SMILES string of the molecule is Cc1cccc(-c2ccnc(-c3[c-]cccc3)c2)c1.[2H]C([2H])(C)c1cccc(-c2ccnc(-c3[c-]cccc3)c2)c1.[2H]C([2H])([2H])C([2H])(C)c1cccc(-c2ccnc(-c3[c-]cccc3)c2)c1.[Ir].[Ir].[Ir].[c-]1ccccc1-c1ccccn1.[c-]1ccccc1-c1ccccn1.[c-]1ccccc1-c1ccccn1. The molecule has 99 heavy (non-hydrogen) atoms. The van der Waals surface area contributed by atoms with Gasteiger partial charge in [-0.15, -0.1) is 215 Å². The van der Waals surface area contributed by atoms with Crippen molar-refractivity contribution >= 4 is 0 Å². The Morgan fingerprint density at radius 2 is 0.616 bits per heavy atom. The first-order valence-electron chi connectivity index (χ1n) is 34.3. The fourth-order valence-corrected chi connectivity index (χ4v) is 9.77. The molecule has 0 aliphatic rings. The molecule has 9 aromatic carbocycles. The van der Waals surface area contributed by atoms with Gasteiger partial charge in [0.1, 0.15) is 0 Å². The van der Waals surface area contributed by atoms with Gasteiger partial charge in [-0.05, 0) is 134 Å². The number of pyridine rings is 6. The number of hydrogen-bond acceptors (Lipinski definition) is 6. The minimum absolute atomic E-state index is 0. The summed E-state index contributed by atoms with van der Waals surface area (Å²) in [4.78, 5) is 25.9. The number of rotatable bonds is 11. The van der Waals surface area contributed by atoms with Crippen LogP contribution < -0.4 is 0 Å². The minimum Gasteiger partial charge on any atom is -0.305 e. The first-order valence-corrected chi connectivity index (χ1v) is 31.3. The molecule has 3 radical (unpaired) electrons. The van der Waals surface area contributed by atoms with Crippen LogP contribution in [0.1, 0.15) is 51.5 Å². The molecule has 6 nitrogen and oxygen atoms in total. The summed E-state index contributed by atoms with van der Waals surface area (Å²) in [6.07, 6.45) is 9.37. The quantitative estimate of drug-likeness (QED) is 0.120. The fraction of sp³-hybridized carbons (Fsp3) is 0.0667. The molecule has 0 amide bonds. The summed E-state index contributed by atoms with van der Waals surface area (Å²) < 4.78 is 46.9. The molecular weight excluding hydrogens is 1740 g/mol. The summed E-state index contributed by atoms with van der Waals surface area (Å²) in [5, 5.41) is 0. The van der Waals surface area contributed by atoms with Gasteiger partial charge >= 0.3 is 0 Å². The maximum Gasteiger partial charge on any atom is 0.0347 e. The smallest absolute Gasteiger partial charge is 0.0347 e. The van der Waals surface area contributed by atoms with Crippen LogP contribution in [0.2, 0.25) is 0 Å². The van der Waals surface area contributed by atoms with Crippen LogP contribution in [-0.4, -0.2) is 29.9 Å². The Kier molecular flexibility index (Phi) is 28.5. The maximum absolute atomic E-state index is 8.27. The van der Waals surface area contributed by atoms with Gasteiger partial charge in [0.2, 0.25) is 0 Å². The molecule has 6 aromatic heterocycles. The van der Waals surface area contributed by atoms with Gasteiger partial charge in [-0.25, -0.2) is 0 Å². The number of aromatic nitrogens is 6. The monoisotopic (exact) mass is 1820 g/mol. The third-order valence-electron chi connectivity index (χ3n) is 14.6. The van der Waals surface area contributed by atoms with Crippen molar-refractivity contribution < 1.29 is 68.5 Å². The Hall–Kier alpha value is -10.2. The predicted octanol–water partition coefficient (Wildman–Crippen LogP) is 22.3. The molecule has 0 saturated carbocycles. The van der Waals surface area contributed by atoms with Crippen LogP contribution in [0.5, 0.6) is 0 Å². The summed E-state index contributed by atoms with van der Waals surface area (Å²) in [6.45, 7) is 2.71. The topological polar surface area (TPSA) is 77.3 Å². The van der Waals surface area contributed by atoms with Crippen LogP contribution >= 0.6 is 0 Å². The van der Waals surface area contributed by atoms with Crippen molar-refractivity contribution in [3.05, 3.63) is 400 Å². The molecule has 0 N–H and O–H groups in total. The van der Waals surface area contributed by atoms with Crippen LogP contribution in [-0.2, 0) is 66.7 Å². The van der Waals surface area contributed by atoms with E-state index in [2.05, 4.69) is 104 Å². The first-order chi connectivity index (χ1) is 49.6. The molecule has 6 heterocycles. The molecule has 0 fully saturated rings. The summed E-state index contributed by atoms with van der Waals surface area (Å²) >= 11 is 0. The zero-order chi connectivity index (χ0) is 71.4. The Morgan fingerprint density at radius 1 is 0.313 bits per heavy atom. The Bertz CT molecular complexity index is 4690. The second-order valence-corrected chi connectivity index (χ2v) is 21.5. The van der Waals surface area contributed by atoms with Gasteiger partial charge in [-0.1, -0.05) is 154 Å². The first kappa shape index (κ1) is 67.4. The Morgan fingerprint density at radius 3 is 0.929 bits per heavy atom. The van der Waals surface area contributed by atoms with Gasteiger partial charge in [-0.2, -0.15) is 0 Å². The van der Waals surface area contributed by atoms with E-state index in [1.54, 1.807) is 56.1 Å². The molecule has 0 spiro atoms. The van der Waals surface area contributed by atoms with E-state index in [0.717, 1.165) is 89.8 Å². The predicted molar refractivity (Wildman–Crippen MR) is 396 cm³/mol. The van der Waals surface area contributed by atoms with Gasteiger partial charge in [0, 0.05) is 106 Å². The van der Waals surface area contributed by atoms with Gasteiger partial charge in [0.25, 0.3) is 0 Å². The molecule has 15 rings (SSSR count). The van der Waals surface area contributed by atoms with Crippen molar-refractivity contribution in [3.8, 4) is 101 Å². The third-order valence-corrected chi connectivity index (χ3v) is 14.6. The van der Waals surface area contributed by atoms with Crippen molar-refractivity contribution in [2.24, 2.45) is 0 Å². The summed E-state index contributed by atoms with van der Waals surface area (Å²) in [6, 6.07) is 118. The number of hydrogen-bond donors (Lipinski definition) is 0. The molecular formula is C90H72Ir3N6-6. The van der Waals surface area contributed by atoms with E-state index < -0.39 is 19.1 Å². The van der Waals surface area contributed by atoms with Crippen molar-refractivity contribution in [2.75, 3.05) is 0 Å². The van der Waals surface area contributed by atoms with E-state index in [0.29, 0.717) is 11.1 Å². The van der Waals surface area contributed by atoms with Crippen LogP contribution in [0.15, 0.2) is 347 Å². The van der Waals surface area contributed by atoms with Gasteiger partial charge in [0.15, 0.2) is 0 Å². The van der Waals surface area contributed by atoms with Crippen molar-refractivity contribution in [3.63, 3.8) is 0 Å². The van der Waals surface area contributed by atoms with E-state index in [1.165, 1.54) is 23.6 Å². The molecule has 1 atom stereocenters. The van der Waals surface area contributed by atoms with Crippen LogP contribution in [0, 0.1) is 43.3 Å². The molecule has 15 aromatic rings. The molecule has 0 bridgehead atoms. The van der Waals surface area contributed by atoms with Crippen LogP contribution in [0.25, 0.3) is 101 Å². The van der Waals surface area contributed by atoms with E-state index in [9.17, 15) is 0 Å². The molecule has 0 aliphatic carbocycles. The zero-order valence-electron chi connectivity index (χ0n) is 60.6.